The Morgan fingerprint density at radius 2 is 2.19 bits per heavy atom. The summed E-state index contributed by atoms with van der Waals surface area (Å²) in [5.74, 6) is 1.10. The van der Waals surface area contributed by atoms with Crippen LogP contribution in [0, 0.1) is 5.92 Å². The minimum atomic E-state index is -0.113. The van der Waals surface area contributed by atoms with Crippen molar-refractivity contribution in [1.82, 2.24) is 14.9 Å². The summed E-state index contributed by atoms with van der Waals surface area (Å²) in [5.41, 5.74) is 7.83. The van der Waals surface area contributed by atoms with E-state index in [0.29, 0.717) is 37.1 Å². The largest absolute Gasteiger partial charge is 0.481 e. The maximum atomic E-state index is 12.8. The van der Waals surface area contributed by atoms with Gasteiger partial charge in [-0.2, -0.15) is 0 Å². The molecule has 1 saturated heterocycles. The molecule has 1 amide bonds. The van der Waals surface area contributed by atoms with E-state index < -0.39 is 0 Å². The van der Waals surface area contributed by atoms with Gasteiger partial charge < -0.3 is 25.3 Å². The molecule has 0 aromatic carbocycles. The number of ether oxygens (including phenoxy) is 1. The first-order chi connectivity index (χ1) is 15.1. The van der Waals surface area contributed by atoms with Crippen molar-refractivity contribution in [2.45, 2.75) is 25.3 Å². The number of aromatic amines is 1. The van der Waals surface area contributed by atoms with Crippen molar-refractivity contribution in [3.8, 4) is 17.0 Å². The molecular formula is C23H29N5O3. The van der Waals surface area contributed by atoms with Crippen LogP contribution in [0.25, 0.3) is 11.1 Å². The zero-order valence-electron chi connectivity index (χ0n) is 17.8. The van der Waals surface area contributed by atoms with E-state index in [0.717, 1.165) is 24.1 Å². The molecule has 2 aliphatic rings. The molecule has 31 heavy (non-hydrogen) atoms. The second-order valence-corrected chi connectivity index (χ2v) is 8.15. The third-order valence-corrected chi connectivity index (χ3v) is 5.93. The van der Waals surface area contributed by atoms with Crippen molar-refractivity contribution < 1.29 is 9.53 Å². The van der Waals surface area contributed by atoms with Crippen LogP contribution in [0.4, 0.5) is 5.69 Å². The van der Waals surface area contributed by atoms with Gasteiger partial charge in [-0.1, -0.05) is 6.08 Å². The minimum absolute atomic E-state index is 0.0223. The highest BCUT2D eigenvalue weighted by Crippen LogP contribution is 2.34. The molecule has 1 atom stereocenters. The number of rotatable bonds is 8. The van der Waals surface area contributed by atoms with Crippen LogP contribution in [0.1, 0.15) is 19.3 Å². The number of nitrogens with two attached hydrogens (primary N) is 1. The predicted octanol–water partition coefficient (Wildman–Crippen LogP) is 1.78. The fourth-order valence-electron chi connectivity index (χ4n) is 4.05. The number of likely N-dealkylation sites (tertiary alicyclic amines) is 1. The van der Waals surface area contributed by atoms with E-state index in [1.807, 2.05) is 23.1 Å². The Balaban J connectivity index is 1.61. The first kappa shape index (κ1) is 21.1. The van der Waals surface area contributed by atoms with Gasteiger partial charge in [-0.3, -0.25) is 9.59 Å². The van der Waals surface area contributed by atoms with Gasteiger partial charge in [0.05, 0.1) is 7.11 Å². The Bertz CT molecular complexity index is 1010. The number of aromatic nitrogens is 2. The first-order valence-electron chi connectivity index (χ1n) is 10.7. The number of nitrogens with zero attached hydrogens (tertiary/aromatic N) is 3. The Morgan fingerprint density at radius 3 is 2.94 bits per heavy atom. The number of carbonyl (C=O) groups is 1. The van der Waals surface area contributed by atoms with E-state index in [1.54, 1.807) is 25.6 Å². The SMILES string of the molecule is COc1cc(-c2c[nH]c(=O)c(N(CC3CC3)[C@@H]3CCN(C(=O)C=CCN)C3)c2)ccn1. The number of hydrogen-bond acceptors (Lipinski definition) is 6. The van der Waals surface area contributed by atoms with Crippen molar-refractivity contribution in [2.24, 2.45) is 11.7 Å². The lowest BCUT2D eigenvalue weighted by molar-refractivity contribution is -0.125. The van der Waals surface area contributed by atoms with Gasteiger partial charge in [0.2, 0.25) is 11.8 Å². The molecule has 1 aliphatic carbocycles. The van der Waals surface area contributed by atoms with E-state index in [-0.39, 0.29) is 17.5 Å². The molecule has 2 aromatic heterocycles. The molecule has 3 heterocycles. The van der Waals surface area contributed by atoms with Gasteiger partial charge in [0, 0.05) is 62.3 Å². The maximum Gasteiger partial charge on any atom is 0.271 e. The summed E-state index contributed by atoms with van der Waals surface area (Å²) in [4.78, 5) is 36.3. The van der Waals surface area contributed by atoms with Crippen LogP contribution in [0.3, 0.4) is 0 Å². The van der Waals surface area contributed by atoms with E-state index in [1.165, 1.54) is 18.9 Å². The number of nitrogens with one attached hydrogen (secondary N) is 1. The van der Waals surface area contributed by atoms with Crippen molar-refractivity contribution in [3.63, 3.8) is 0 Å². The van der Waals surface area contributed by atoms with Crippen molar-refractivity contribution in [3.05, 3.63) is 53.1 Å². The molecule has 2 fully saturated rings. The number of hydrogen-bond donors (Lipinski definition) is 2. The first-order valence-corrected chi connectivity index (χ1v) is 10.7. The van der Waals surface area contributed by atoms with Crippen LogP contribution in [-0.4, -0.2) is 60.1 Å². The van der Waals surface area contributed by atoms with Gasteiger partial charge in [0.1, 0.15) is 5.69 Å². The third-order valence-electron chi connectivity index (χ3n) is 5.93. The number of carbonyl (C=O) groups excluding carboxylic acids is 1. The molecule has 1 aliphatic heterocycles. The standard InChI is InChI=1S/C23H29N5O3/c1-31-21-12-17(6-9-25-21)18-11-20(23(30)26-13-18)28(14-16-4-5-16)19-7-10-27(15-19)22(29)3-2-8-24/h2-3,6,9,11-13,16,19H,4-5,7-8,10,14-15,24H2,1H3,(H,26,30)/t19-/m1/s1. The summed E-state index contributed by atoms with van der Waals surface area (Å²) in [6.45, 7) is 2.46. The molecule has 0 radical (unpaired) electrons. The molecule has 164 valence electrons. The zero-order valence-corrected chi connectivity index (χ0v) is 17.8. The van der Waals surface area contributed by atoms with Gasteiger partial charge in [0.25, 0.3) is 5.56 Å². The highest BCUT2D eigenvalue weighted by Gasteiger charge is 2.34. The number of anilines is 1. The van der Waals surface area contributed by atoms with Crippen LogP contribution >= 0.6 is 0 Å². The second kappa shape index (κ2) is 9.34. The molecule has 8 heteroatoms. The third kappa shape index (κ3) is 4.96. The molecule has 0 unspecified atom stereocenters. The average Bonchev–Trinajstić information content (AvgIpc) is 3.49. The summed E-state index contributed by atoms with van der Waals surface area (Å²) in [6, 6.07) is 5.79. The number of H-pyrrole nitrogens is 1. The molecule has 3 N–H and O–H groups in total. The smallest absolute Gasteiger partial charge is 0.271 e. The fraction of sp³-hybridized carbons (Fsp3) is 0.435. The summed E-state index contributed by atoms with van der Waals surface area (Å²) in [7, 11) is 1.58. The topological polar surface area (TPSA) is 105 Å². The zero-order chi connectivity index (χ0) is 21.8. The molecule has 8 nitrogen and oxygen atoms in total. The Labute approximate surface area is 181 Å². The van der Waals surface area contributed by atoms with Gasteiger partial charge >= 0.3 is 0 Å². The average molecular weight is 424 g/mol. The highest BCUT2D eigenvalue weighted by molar-refractivity contribution is 5.88. The normalized spacial score (nSPS) is 18.5. The van der Waals surface area contributed by atoms with Gasteiger partial charge in [0.15, 0.2) is 0 Å². The van der Waals surface area contributed by atoms with Crippen molar-refractivity contribution >= 4 is 11.6 Å². The lowest BCUT2D eigenvalue weighted by Gasteiger charge is -2.31. The Morgan fingerprint density at radius 1 is 1.35 bits per heavy atom. The van der Waals surface area contributed by atoms with Gasteiger partial charge in [-0.15, -0.1) is 0 Å². The lowest BCUT2D eigenvalue weighted by atomic mass is 10.1. The van der Waals surface area contributed by atoms with E-state index in [2.05, 4.69) is 14.9 Å². The monoisotopic (exact) mass is 423 g/mol. The van der Waals surface area contributed by atoms with Crippen LogP contribution in [0.15, 0.2) is 47.5 Å². The molecule has 0 spiro atoms. The van der Waals surface area contributed by atoms with Crippen LogP contribution in [0.2, 0.25) is 0 Å². The summed E-state index contributed by atoms with van der Waals surface area (Å²) in [6.07, 6.45) is 9.83. The van der Waals surface area contributed by atoms with Gasteiger partial charge in [-0.05, 0) is 42.9 Å². The van der Waals surface area contributed by atoms with E-state index in [9.17, 15) is 9.59 Å². The molecule has 1 saturated carbocycles. The van der Waals surface area contributed by atoms with Gasteiger partial charge in [-0.25, -0.2) is 4.98 Å². The summed E-state index contributed by atoms with van der Waals surface area (Å²) >= 11 is 0. The Kier molecular flexibility index (Phi) is 6.36. The summed E-state index contributed by atoms with van der Waals surface area (Å²) < 4.78 is 5.24. The number of amides is 1. The number of pyridine rings is 2. The van der Waals surface area contributed by atoms with Crippen LogP contribution in [0.5, 0.6) is 5.88 Å². The summed E-state index contributed by atoms with van der Waals surface area (Å²) in [5, 5.41) is 0. The fourth-order valence-corrected chi connectivity index (χ4v) is 4.05. The predicted molar refractivity (Wildman–Crippen MR) is 120 cm³/mol. The minimum Gasteiger partial charge on any atom is -0.481 e. The molecule has 4 rings (SSSR count). The van der Waals surface area contributed by atoms with E-state index >= 15 is 0 Å². The van der Waals surface area contributed by atoms with Crippen molar-refractivity contribution in [2.75, 3.05) is 38.2 Å². The van der Waals surface area contributed by atoms with Crippen LogP contribution in [-0.2, 0) is 4.79 Å². The molecular weight excluding hydrogens is 394 g/mol. The quantitative estimate of drug-likeness (QED) is 0.627. The van der Waals surface area contributed by atoms with Crippen LogP contribution < -0.4 is 20.9 Å². The molecule has 0 bridgehead atoms. The second-order valence-electron chi connectivity index (χ2n) is 8.15. The Hall–Kier alpha value is -3.13. The maximum absolute atomic E-state index is 12.8. The highest BCUT2D eigenvalue weighted by atomic mass is 16.5. The van der Waals surface area contributed by atoms with E-state index in [4.69, 9.17) is 10.5 Å². The van der Waals surface area contributed by atoms with Crippen molar-refractivity contribution in [1.29, 1.82) is 0 Å². The molecule has 2 aromatic rings. The lowest BCUT2D eigenvalue weighted by Crippen LogP contribution is -2.42. The number of methoxy groups -OCH3 is 1.